The van der Waals surface area contributed by atoms with Crippen molar-refractivity contribution in [2.45, 2.75) is 19.5 Å². The smallest absolute Gasteiger partial charge is 0.251 e. The molecule has 0 spiro atoms. The van der Waals surface area contributed by atoms with Crippen LogP contribution in [0.4, 0.5) is 0 Å². The second kappa shape index (κ2) is 8.76. The van der Waals surface area contributed by atoms with Gasteiger partial charge < -0.3 is 10.6 Å². The highest BCUT2D eigenvalue weighted by Gasteiger charge is 2.13. The van der Waals surface area contributed by atoms with E-state index in [1.807, 2.05) is 55.5 Å². The molecule has 3 aromatic rings. The summed E-state index contributed by atoms with van der Waals surface area (Å²) in [6.07, 6.45) is 1.68. The lowest BCUT2D eigenvalue weighted by Gasteiger charge is -2.14. The van der Waals surface area contributed by atoms with Gasteiger partial charge in [-0.05, 0) is 42.8 Å². The molecule has 2 aromatic carbocycles. The number of hydrogen-bond acceptors (Lipinski definition) is 3. The van der Waals surface area contributed by atoms with E-state index in [2.05, 4.69) is 15.6 Å². The van der Waals surface area contributed by atoms with Crippen LogP contribution in [0.3, 0.4) is 0 Å². The van der Waals surface area contributed by atoms with Gasteiger partial charge in [0.2, 0.25) is 0 Å². The molecule has 1 atom stereocenters. The fourth-order valence-electron chi connectivity index (χ4n) is 2.68. The van der Waals surface area contributed by atoms with E-state index in [9.17, 15) is 9.59 Å². The molecule has 0 radical (unpaired) electrons. The number of pyridine rings is 1. The van der Waals surface area contributed by atoms with Crippen molar-refractivity contribution in [3.63, 3.8) is 0 Å². The number of aromatic nitrogens is 1. The summed E-state index contributed by atoms with van der Waals surface area (Å²) in [5.74, 6) is -0.461. The zero-order valence-electron chi connectivity index (χ0n) is 15.1. The second-order valence-corrected chi connectivity index (χ2v) is 6.19. The Morgan fingerprint density at radius 3 is 2.30 bits per heavy atom. The average Bonchev–Trinajstić information content (AvgIpc) is 2.73. The molecule has 0 bridgehead atoms. The maximum Gasteiger partial charge on any atom is 0.251 e. The topological polar surface area (TPSA) is 71.1 Å². The van der Waals surface area contributed by atoms with Crippen molar-refractivity contribution in [1.82, 2.24) is 15.6 Å². The van der Waals surface area contributed by atoms with E-state index in [4.69, 9.17) is 0 Å². The van der Waals surface area contributed by atoms with Crippen LogP contribution in [0.2, 0.25) is 0 Å². The van der Waals surface area contributed by atoms with E-state index in [-0.39, 0.29) is 17.9 Å². The maximum atomic E-state index is 12.5. The Balaban J connectivity index is 1.64. The van der Waals surface area contributed by atoms with Gasteiger partial charge in [0, 0.05) is 17.3 Å². The molecule has 1 unspecified atom stereocenters. The lowest BCUT2D eigenvalue weighted by molar-refractivity contribution is 0.0940. The molecule has 136 valence electrons. The Bertz CT molecular complexity index is 911. The molecular weight excluding hydrogens is 338 g/mol. The minimum absolute atomic E-state index is 0.125. The van der Waals surface area contributed by atoms with E-state index in [0.29, 0.717) is 17.7 Å². The highest BCUT2D eigenvalue weighted by molar-refractivity contribution is 5.99. The number of amides is 2. The number of benzene rings is 2. The number of carbonyl (C=O) groups excluding carboxylic acids is 2. The van der Waals surface area contributed by atoms with Gasteiger partial charge in [0.1, 0.15) is 0 Å². The molecule has 1 aromatic heterocycles. The van der Waals surface area contributed by atoms with Crippen LogP contribution >= 0.6 is 0 Å². The lowest BCUT2D eigenvalue weighted by atomic mass is 10.1. The first-order chi connectivity index (χ1) is 13.1. The average molecular weight is 359 g/mol. The van der Waals surface area contributed by atoms with Crippen LogP contribution in [0.5, 0.6) is 0 Å². The largest absolute Gasteiger partial charge is 0.346 e. The molecule has 5 nitrogen and oxygen atoms in total. The van der Waals surface area contributed by atoms with Crippen LogP contribution < -0.4 is 10.6 Å². The number of carbonyl (C=O) groups is 2. The van der Waals surface area contributed by atoms with E-state index < -0.39 is 0 Å². The van der Waals surface area contributed by atoms with E-state index >= 15 is 0 Å². The van der Waals surface area contributed by atoms with Crippen molar-refractivity contribution in [3.8, 4) is 0 Å². The van der Waals surface area contributed by atoms with Gasteiger partial charge in [-0.25, -0.2) is 0 Å². The normalized spacial score (nSPS) is 11.4. The first kappa shape index (κ1) is 18.3. The van der Waals surface area contributed by atoms with Crippen LogP contribution in [-0.2, 0) is 6.54 Å². The molecule has 0 saturated carbocycles. The van der Waals surface area contributed by atoms with Crippen LogP contribution in [0.15, 0.2) is 79.0 Å². The number of nitrogens with zero attached hydrogens (tertiary/aromatic N) is 1. The van der Waals surface area contributed by atoms with Crippen molar-refractivity contribution < 1.29 is 9.59 Å². The van der Waals surface area contributed by atoms with E-state index in [1.165, 1.54) is 0 Å². The van der Waals surface area contributed by atoms with Crippen LogP contribution in [0.1, 0.15) is 44.9 Å². The Kier molecular flexibility index (Phi) is 5.94. The zero-order valence-corrected chi connectivity index (χ0v) is 15.1. The van der Waals surface area contributed by atoms with E-state index in [1.54, 1.807) is 30.5 Å². The van der Waals surface area contributed by atoms with Gasteiger partial charge in [-0.3, -0.25) is 14.6 Å². The minimum Gasteiger partial charge on any atom is -0.346 e. The van der Waals surface area contributed by atoms with Crippen molar-refractivity contribution in [2.75, 3.05) is 0 Å². The lowest BCUT2D eigenvalue weighted by Crippen LogP contribution is -2.27. The summed E-state index contributed by atoms with van der Waals surface area (Å²) in [6, 6.07) is 21.8. The Morgan fingerprint density at radius 2 is 1.59 bits per heavy atom. The molecule has 1 heterocycles. The van der Waals surface area contributed by atoms with Crippen LogP contribution in [0, 0.1) is 0 Å². The maximum absolute atomic E-state index is 12.5. The first-order valence-corrected chi connectivity index (χ1v) is 8.77. The Hall–Kier alpha value is -3.47. The molecule has 2 amide bonds. The fraction of sp³-hybridized carbons (Fsp3) is 0.136. The summed E-state index contributed by atoms with van der Waals surface area (Å²) in [7, 11) is 0. The SMILES string of the molecule is CC(NC(=O)c1cccc(C(=O)NCc2ccccn2)c1)c1ccccc1. The number of hydrogen-bond donors (Lipinski definition) is 2. The third kappa shape index (κ3) is 5.01. The predicted molar refractivity (Wildman–Crippen MR) is 104 cm³/mol. The summed E-state index contributed by atoms with van der Waals surface area (Å²) in [5, 5.41) is 5.77. The van der Waals surface area contributed by atoms with E-state index in [0.717, 1.165) is 11.3 Å². The third-order valence-electron chi connectivity index (χ3n) is 4.19. The molecule has 5 heteroatoms. The predicted octanol–water partition coefficient (Wildman–Crippen LogP) is 3.50. The molecule has 0 saturated heterocycles. The fourth-order valence-corrected chi connectivity index (χ4v) is 2.68. The van der Waals surface area contributed by atoms with Crippen LogP contribution in [0.25, 0.3) is 0 Å². The summed E-state index contributed by atoms with van der Waals surface area (Å²) in [4.78, 5) is 29.1. The number of nitrogens with one attached hydrogen (secondary N) is 2. The van der Waals surface area contributed by atoms with Gasteiger partial charge in [0.05, 0.1) is 18.3 Å². The second-order valence-electron chi connectivity index (χ2n) is 6.19. The molecule has 27 heavy (non-hydrogen) atoms. The van der Waals surface area contributed by atoms with Gasteiger partial charge in [0.25, 0.3) is 11.8 Å². The van der Waals surface area contributed by atoms with Gasteiger partial charge in [0.15, 0.2) is 0 Å². The molecular formula is C22H21N3O2. The Labute approximate surface area is 158 Å². The molecule has 0 aliphatic rings. The summed E-state index contributed by atoms with van der Waals surface area (Å²) in [6.45, 7) is 2.26. The molecule has 3 rings (SSSR count). The molecule has 0 fully saturated rings. The summed E-state index contributed by atoms with van der Waals surface area (Å²) >= 11 is 0. The molecule has 0 aliphatic carbocycles. The van der Waals surface area contributed by atoms with Gasteiger partial charge in [-0.15, -0.1) is 0 Å². The number of rotatable bonds is 6. The zero-order chi connectivity index (χ0) is 19.1. The van der Waals surface area contributed by atoms with Crippen molar-refractivity contribution >= 4 is 11.8 Å². The third-order valence-corrected chi connectivity index (χ3v) is 4.19. The standard InChI is InChI=1S/C22H21N3O2/c1-16(17-8-3-2-4-9-17)25-22(27)19-11-7-10-18(14-19)21(26)24-15-20-12-5-6-13-23-20/h2-14,16H,15H2,1H3,(H,24,26)(H,25,27). The highest BCUT2D eigenvalue weighted by Crippen LogP contribution is 2.13. The van der Waals surface area contributed by atoms with Gasteiger partial charge >= 0.3 is 0 Å². The molecule has 0 aliphatic heterocycles. The Morgan fingerprint density at radius 1 is 0.889 bits per heavy atom. The van der Waals surface area contributed by atoms with Crippen molar-refractivity contribution in [1.29, 1.82) is 0 Å². The minimum atomic E-state index is -0.244. The molecule has 2 N–H and O–H groups in total. The van der Waals surface area contributed by atoms with Gasteiger partial charge in [-0.2, -0.15) is 0 Å². The first-order valence-electron chi connectivity index (χ1n) is 8.77. The van der Waals surface area contributed by atoms with Crippen molar-refractivity contribution in [3.05, 3.63) is 101 Å². The van der Waals surface area contributed by atoms with Gasteiger partial charge in [-0.1, -0.05) is 42.5 Å². The highest BCUT2D eigenvalue weighted by atomic mass is 16.2. The monoisotopic (exact) mass is 359 g/mol. The summed E-state index contributed by atoms with van der Waals surface area (Å²) < 4.78 is 0. The quantitative estimate of drug-likeness (QED) is 0.708. The van der Waals surface area contributed by atoms with Crippen LogP contribution in [-0.4, -0.2) is 16.8 Å². The summed E-state index contributed by atoms with van der Waals surface area (Å²) in [5.41, 5.74) is 2.68. The van der Waals surface area contributed by atoms with Crippen molar-refractivity contribution in [2.24, 2.45) is 0 Å².